The quantitative estimate of drug-likeness (QED) is 0.830. The van der Waals surface area contributed by atoms with Crippen LogP contribution in [0.2, 0.25) is 0 Å². The highest BCUT2D eigenvalue weighted by molar-refractivity contribution is 5.79. The van der Waals surface area contributed by atoms with Crippen molar-refractivity contribution in [1.29, 1.82) is 0 Å². The molecule has 1 atom stereocenters. The third-order valence-corrected chi connectivity index (χ3v) is 2.88. The van der Waals surface area contributed by atoms with Gasteiger partial charge in [0, 0.05) is 11.9 Å². The van der Waals surface area contributed by atoms with Gasteiger partial charge in [0.25, 0.3) is 0 Å². The van der Waals surface area contributed by atoms with Gasteiger partial charge in [-0.15, -0.1) is 0 Å². The lowest BCUT2D eigenvalue weighted by Crippen LogP contribution is -2.19. The van der Waals surface area contributed by atoms with E-state index in [0.29, 0.717) is 6.10 Å². The SMILES string of the molecule is c1ccc2ncc(O[C@@H]3CCNC3)cc2c1. The van der Waals surface area contributed by atoms with E-state index in [9.17, 15) is 0 Å². The first-order chi connectivity index (χ1) is 7.92. The Balaban J connectivity index is 1.86. The van der Waals surface area contributed by atoms with Gasteiger partial charge in [-0.25, -0.2) is 0 Å². The van der Waals surface area contributed by atoms with Gasteiger partial charge in [0.15, 0.2) is 0 Å². The molecule has 3 nitrogen and oxygen atoms in total. The summed E-state index contributed by atoms with van der Waals surface area (Å²) in [4.78, 5) is 4.38. The smallest absolute Gasteiger partial charge is 0.138 e. The summed E-state index contributed by atoms with van der Waals surface area (Å²) in [7, 11) is 0. The second kappa shape index (κ2) is 4.10. The van der Waals surface area contributed by atoms with Crippen LogP contribution in [0.15, 0.2) is 36.5 Å². The minimum atomic E-state index is 0.294. The normalized spacial score (nSPS) is 20.1. The van der Waals surface area contributed by atoms with E-state index in [1.165, 1.54) is 0 Å². The van der Waals surface area contributed by atoms with Crippen LogP contribution >= 0.6 is 0 Å². The van der Waals surface area contributed by atoms with Gasteiger partial charge in [-0.05, 0) is 25.1 Å². The fraction of sp³-hybridized carbons (Fsp3) is 0.308. The van der Waals surface area contributed by atoms with Gasteiger partial charge in [-0.2, -0.15) is 0 Å². The number of hydrogen-bond donors (Lipinski definition) is 1. The summed E-state index contributed by atoms with van der Waals surface area (Å²) >= 11 is 0. The predicted octanol–water partition coefficient (Wildman–Crippen LogP) is 1.98. The number of nitrogens with one attached hydrogen (secondary N) is 1. The number of rotatable bonds is 2. The summed E-state index contributed by atoms with van der Waals surface area (Å²) < 4.78 is 5.86. The standard InChI is InChI=1S/C13H14N2O/c1-2-4-13-10(3-1)7-12(9-15-13)16-11-5-6-14-8-11/h1-4,7,9,11,14H,5-6,8H2/t11-/m1/s1. The molecule has 0 saturated carbocycles. The molecule has 0 bridgehead atoms. The molecule has 3 heteroatoms. The molecular formula is C13H14N2O. The van der Waals surface area contributed by atoms with Crippen molar-refractivity contribution in [3.05, 3.63) is 36.5 Å². The average Bonchev–Trinajstić information content (AvgIpc) is 2.82. The predicted molar refractivity (Wildman–Crippen MR) is 63.6 cm³/mol. The lowest BCUT2D eigenvalue weighted by Gasteiger charge is -2.12. The fourth-order valence-electron chi connectivity index (χ4n) is 2.04. The molecule has 1 aromatic carbocycles. The van der Waals surface area contributed by atoms with Crippen LogP contribution in [0.25, 0.3) is 10.9 Å². The first-order valence-corrected chi connectivity index (χ1v) is 5.64. The Bertz CT molecular complexity index is 492. The summed E-state index contributed by atoms with van der Waals surface area (Å²) in [6.45, 7) is 1.98. The summed E-state index contributed by atoms with van der Waals surface area (Å²) in [5, 5.41) is 4.41. The number of ether oxygens (including phenoxy) is 1. The van der Waals surface area contributed by atoms with E-state index >= 15 is 0 Å². The van der Waals surface area contributed by atoms with Crippen LogP contribution in [0, 0.1) is 0 Å². The van der Waals surface area contributed by atoms with Crippen molar-refractivity contribution < 1.29 is 4.74 Å². The molecule has 2 aromatic rings. The van der Waals surface area contributed by atoms with E-state index < -0.39 is 0 Å². The highest BCUT2D eigenvalue weighted by Crippen LogP contribution is 2.19. The molecule has 0 amide bonds. The van der Waals surface area contributed by atoms with E-state index in [4.69, 9.17) is 4.74 Å². The zero-order valence-corrected chi connectivity index (χ0v) is 9.02. The molecule has 1 aliphatic heterocycles. The second-order valence-electron chi connectivity index (χ2n) is 4.10. The van der Waals surface area contributed by atoms with Gasteiger partial charge >= 0.3 is 0 Å². The highest BCUT2D eigenvalue weighted by atomic mass is 16.5. The molecule has 1 aliphatic rings. The zero-order chi connectivity index (χ0) is 10.8. The Kier molecular flexibility index (Phi) is 2.46. The van der Waals surface area contributed by atoms with Crippen molar-refractivity contribution in [2.75, 3.05) is 13.1 Å². The van der Waals surface area contributed by atoms with Crippen LogP contribution in [0.4, 0.5) is 0 Å². The maximum Gasteiger partial charge on any atom is 0.138 e. The molecule has 16 heavy (non-hydrogen) atoms. The van der Waals surface area contributed by atoms with E-state index in [0.717, 1.165) is 36.2 Å². The maximum atomic E-state index is 5.86. The summed E-state index contributed by atoms with van der Waals surface area (Å²) in [5.41, 5.74) is 1.01. The van der Waals surface area contributed by atoms with Gasteiger partial charge in [0.05, 0.1) is 11.7 Å². The molecule has 0 radical (unpaired) electrons. The van der Waals surface area contributed by atoms with Crippen molar-refractivity contribution in [3.63, 3.8) is 0 Å². The van der Waals surface area contributed by atoms with Crippen molar-refractivity contribution >= 4 is 10.9 Å². The first kappa shape index (κ1) is 9.60. The topological polar surface area (TPSA) is 34.1 Å². The van der Waals surface area contributed by atoms with Crippen LogP contribution in [0.5, 0.6) is 5.75 Å². The van der Waals surface area contributed by atoms with E-state index in [1.807, 2.05) is 18.2 Å². The number of aromatic nitrogens is 1. The molecule has 2 heterocycles. The van der Waals surface area contributed by atoms with Crippen molar-refractivity contribution in [2.24, 2.45) is 0 Å². The van der Waals surface area contributed by atoms with Gasteiger partial charge in [0.2, 0.25) is 0 Å². The molecule has 1 saturated heterocycles. The summed E-state index contributed by atoms with van der Waals surface area (Å²) in [5.74, 6) is 0.868. The monoisotopic (exact) mass is 214 g/mol. The number of pyridine rings is 1. The minimum absolute atomic E-state index is 0.294. The fourth-order valence-corrected chi connectivity index (χ4v) is 2.04. The third kappa shape index (κ3) is 1.86. The Morgan fingerprint density at radius 3 is 3.12 bits per heavy atom. The Labute approximate surface area is 94.5 Å². The van der Waals surface area contributed by atoms with E-state index in [1.54, 1.807) is 6.20 Å². The molecular weight excluding hydrogens is 200 g/mol. The molecule has 1 N–H and O–H groups in total. The third-order valence-electron chi connectivity index (χ3n) is 2.88. The van der Waals surface area contributed by atoms with Crippen LogP contribution in [-0.4, -0.2) is 24.2 Å². The molecule has 1 aromatic heterocycles. The number of para-hydroxylation sites is 1. The number of hydrogen-bond acceptors (Lipinski definition) is 3. The van der Waals surface area contributed by atoms with Gasteiger partial charge in [-0.3, -0.25) is 4.98 Å². The minimum Gasteiger partial charge on any atom is -0.487 e. The zero-order valence-electron chi connectivity index (χ0n) is 9.02. The maximum absolute atomic E-state index is 5.86. The van der Waals surface area contributed by atoms with E-state index in [-0.39, 0.29) is 0 Å². The van der Waals surface area contributed by atoms with Crippen LogP contribution in [0.1, 0.15) is 6.42 Å². The van der Waals surface area contributed by atoms with Gasteiger partial charge < -0.3 is 10.1 Å². The molecule has 0 unspecified atom stereocenters. The Morgan fingerprint density at radius 1 is 1.31 bits per heavy atom. The number of fused-ring (bicyclic) bond motifs is 1. The van der Waals surface area contributed by atoms with Crippen LogP contribution in [-0.2, 0) is 0 Å². The van der Waals surface area contributed by atoms with Gasteiger partial charge in [0.1, 0.15) is 11.9 Å². The first-order valence-electron chi connectivity index (χ1n) is 5.64. The summed E-state index contributed by atoms with van der Waals surface area (Å²) in [6, 6.07) is 10.1. The van der Waals surface area contributed by atoms with E-state index in [2.05, 4.69) is 22.4 Å². The Hall–Kier alpha value is -1.61. The van der Waals surface area contributed by atoms with Crippen LogP contribution in [0.3, 0.4) is 0 Å². The second-order valence-corrected chi connectivity index (χ2v) is 4.10. The number of nitrogens with zero attached hydrogens (tertiary/aromatic N) is 1. The molecule has 0 aliphatic carbocycles. The lowest BCUT2D eigenvalue weighted by atomic mass is 10.2. The Morgan fingerprint density at radius 2 is 2.25 bits per heavy atom. The highest BCUT2D eigenvalue weighted by Gasteiger charge is 2.15. The van der Waals surface area contributed by atoms with Crippen molar-refractivity contribution in [1.82, 2.24) is 10.3 Å². The van der Waals surface area contributed by atoms with Crippen molar-refractivity contribution in [3.8, 4) is 5.75 Å². The summed E-state index contributed by atoms with van der Waals surface area (Å²) in [6.07, 6.45) is 3.18. The van der Waals surface area contributed by atoms with Crippen LogP contribution < -0.4 is 10.1 Å². The molecule has 0 spiro atoms. The molecule has 82 valence electrons. The lowest BCUT2D eigenvalue weighted by molar-refractivity contribution is 0.222. The number of benzene rings is 1. The average molecular weight is 214 g/mol. The molecule has 1 fully saturated rings. The largest absolute Gasteiger partial charge is 0.487 e. The molecule has 3 rings (SSSR count). The van der Waals surface area contributed by atoms with Gasteiger partial charge in [-0.1, -0.05) is 18.2 Å². The van der Waals surface area contributed by atoms with Crippen molar-refractivity contribution in [2.45, 2.75) is 12.5 Å².